The lowest BCUT2D eigenvalue weighted by atomic mass is 10.1. The molecule has 0 unspecified atom stereocenters. The predicted molar refractivity (Wildman–Crippen MR) is 64.6 cm³/mol. The van der Waals surface area contributed by atoms with Gasteiger partial charge in [-0.2, -0.15) is 0 Å². The van der Waals surface area contributed by atoms with E-state index in [1.807, 2.05) is 0 Å². The largest absolute Gasteiger partial charge is 0.384 e. The predicted octanol–water partition coefficient (Wildman–Crippen LogP) is 1.58. The molecule has 0 aliphatic heterocycles. The zero-order chi connectivity index (χ0) is 12.3. The first-order valence-electron chi connectivity index (χ1n) is 5.23. The van der Waals surface area contributed by atoms with Crippen molar-refractivity contribution >= 4 is 5.82 Å². The molecule has 0 saturated heterocycles. The summed E-state index contributed by atoms with van der Waals surface area (Å²) in [6, 6.07) is 6.43. The minimum absolute atomic E-state index is 0.275. The van der Waals surface area contributed by atoms with E-state index in [0.717, 1.165) is 0 Å². The first kappa shape index (κ1) is 11.5. The average molecular weight is 232 g/mol. The minimum atomic E-state index is -0.275. The highest BCUT2D eigenvalue weighted by Crippen LogP contribution is 2.22. The number of anilines is 1. The number of aromatic nitrogens is 2. The zero-order valence-electron chi connectivity index (χ0n) is 9.44. The molecule has 1 aromatic carbocycles. The van der Waals surface area contributed by atoms with Crippen LogP contribution in [0, 0.1) is 5.82 Å². The third-order valence-corrected chi connectivity index (χ3v) is 2.39. The number of rotatable bonds is 3. The standard InChI is InChI=1S/C12H13FN4/c1-15-7-9-8(3-2-4-10(9)13)12-16-6-5-11(14)17-12/h2-6,15H,7H2,1H3,(H2,14,16,17). The van der Waals surface area contributed by atoms with Crippen molar-refractivity contribution in [2.45, 2.75) is 6.54 Å². The lowest BCUT2D eigenvalue weighted by Crippen LogP contribution is -2.09. The molecule has 88 valence electrons. The second kappa shape index (κ2) is 4.88. The number of nitrogen functional groups attached to an aromatic ring is 1. The second-order valence-corrected chi connectivity index (χ2v) is 3.60. The van der Waals surface area contributed by atoms with Crippen LogP contribution in [0.3, 0.4) is 0 Å². The molecular weight excluding hydrogens is 219 g/mol. The Labute approximate surface area is 98.7 Å². The second-order valence-electron chi connectivity index (χ2n) is 3.60. The van der Waals surface area contributed by atoms with Gasteiger partial charge in [0, 0.05) is 23.9 Å². The van der Waals surface area contributed by atoms with Crippen LogP contribution >= 0.6 is 0 Å². The topological polar surface area (TPSA) is 63.8 Å². The lowest BCUT2D eigenvalue weighted by Gasteiger charge is -2.09. The molecule has 5 heteroatoms. The van der Waals surface area contributed by atoms with Crippen LogP contribution in [0.4, 0.5) is 10.2 Å². The smallest absolute Gasteiger partial charge is 0.161 e. The van der Waals surface area contributed by atoms with Gasteiger partial charge in [0.1, 0.15) is 11.6 Å². The highest BCUT2D eigenvalue weighted by molar-refractivity contribution is 5.61. The summed E-state index contributed by atoms with van der Waals surface area (Å²) in [5.74, 6) is 0.535. The van der Waals surface area contributed by atoms with Crippen LogP contribution in [0.1, 0.15) is 5.56 Å². The molecule has 0 atom stereocenters. The molecule has 0 bridgehead atoms. The molecular formula is C12H13FN4. The Balaban J connectivity index is 2.54. The fourth-order valence-electron chi connectivity index (χ4n) is 1.63. The fourth-order valence-corrected chi connectivity index (χ4v) is 1.63. The molecule has 0 fully saturated rings. The van der Waals surface area contributed by atoms with Gasteiger partial charge in [0.15, 0.2) is 5.82 Å². The van der Waals surface area contributed by atoms with E-state index in [0.29, 0.717) is 29.3 Å². The van der Waals surface area contributed by atoms with E-state index in [9.17, 15) is 4.39 Å². The third kappa shape index (κ3) is 2.39. The van der Waals surface area contributed by atoms with Crippen LogP contribution in [-0.4, -0.2) is 17.0 Å². The normalized spacial score (nSPS) is 10.5. The van der Waals surface area contributed by atoms with Crippen LogP contribution in [0.2, 0.25) is 0 Å². The van der Waals surface area contributed by atoms with E-state index < -0.39 is 0 Å². The molecule has 17 heavy (non-hydrogen) atoms. The number of benzene rings is 1. The van der Waals surface area contributed by atoms with Crippen molar-refractivity contribution in [3.63, 3.8) is 0 Å². The van der Waals surface area contributed by atoms with Crippen LogP contribution in [-0.2, 0) is 6.54 Å². The van der Waals surface area contributed by atoms with Gasteiger partial charge >= 0.3 is 0 Å². The first-order chi connectivity index (χ1) is 8.22. The van der Waals surface area contributed by atoms with Crippen LogP contribution in [0.5, 0.6) is 0 Å². The zero-order valence-corrected chi connectivity index (χ0v) is 9.44. The summed E-state index contributed by atoms with van der Waals surface area (Å²) in [6.07, 6.45) is 1.56. The van der Waals surface area contributed by atoms with E-state index in [1.54, 1.807) is 31.4 Å². The van der Waals surface area contributed by atoms with Gasteiger partial charge in [0.25, 0.3) is 0 Å². The molecule has 4 nitrogen and oxygen atoms in total. The van der Waals surface area contributed by atoms with Gasteiger partial charge in [-0.1, -0.05) is 12.1 Å². The highest BCUT2D eigenvalue weighted by Gasteiger charge is 2.11. The van der Waals surface area contributed by atoms with Crippen molar-refractivity contribution < 1.29 is 4.39 Å². The molecule has 2 rings (SSSR count). The number of nitrogens with zero attached hydrogens (tertiary/aromatic N) is 2. The Kier molecular flexibility index (Phi) is 3.30. The third-order valence-electron chi connectivity index (χ3n) is 2.39. The summed E-state index contributed by atoms with van der Waals surface area (Å²) < 4.78 is 13.7. The van der Waals surface area contributed by atoms with Gasteiger partial charge < -0.3 is 11.1 Å². The Morgan fingerprint density at radius 2 is 2.18 bits per heavy atom. The monoisotopic (exact) mass is 232 g/mol. The van der Waals surface area contributed by atoms with E-state index >= 15 is 0 Å². The summed E-state index contributed by atoms with van der Waals surface area (Å²) in [6.45, 7) is 0.417. The molecule has 0 radical (unpaired) electrons. The number of hydrogen-bond acceptors (Lipinski definition) is 4. The van der Waals surface area contributed by atoms with Crippen molar-refractivity contribution in [3.8, 4) is 11.4 Å². The SMILES string of the molecule is CNCc1c(F)cccc1-c1nccc(N)n1. The van der Waals surface area contributed by atoms with Gasteiger partial charge in [-0.05, 0) is 19.2 Å². The molecule has 3 N–H and O–H groups in total. The van der Waals surface area contributed by atoms with E-state index in [4.69, 9.17) is 5.73 Å². The Hall–Kier alpha value is -2.01. The fraction of sp³-hybridized carbons (Fsp3) is 0.167. The Morgan fingerprint density at radius 3 is 2.88 bits per heavy atom. The summed E-state index contributed by atoms with van der Waals surface area (Å²) in [5, 5.41) is 2.92. The van der Waals surface area contributed by atoms with Gasteiger partial charge in [0.2, 0.25) is 0 Å². The van der Waals surface area contributed by atoms with Gasteiger partial charge in [-0.15, -0.1) is 0 Å². The molecule has 0 aliphatic carbocycles. The minimum Gasteiger partial charge on any atom is -0.384 e. The van der Waals surface area contributed by atoms with Crippen molar-refractivity contribution in [2.75, 3.05) is 12.8 Å². The quantitative estimate of drug-likeness (QED) is 0.843. The van der Waals surface area contributed by atoms with Crippen LogP contribution in [0.25, 0.3) is 11.4 Å². The Morgan fingerprint density at radius 1 is 1.35 bits per heavy atom. The van der Waals surface area contributed by atoms with Gasteiger partial charge in [-0.3, -0.25) is 0 Å². The average Bonchev–Trinajstić information content (AvgIpc) is 2.32. The van der Waals surface area contributed by atoms with Gasteiger partial charge in [-0.25, -0.2) is 14.4 Å². The first-order valence-corrected chi connectivity index (χ1v) is 5.23. The summed E-state index contributed by atoms with van der Waals surface area (Å²) in [5.41, 5.74) is 6.80. The lowest BCUT2D eigenvalue weighted by molar-refractivity contribution is 0.601. The molecule has 1 aromatic heterocycles. The summed E-state index contributed by atoms with van der Waals surface area (Å²) in [4.78, 5) is 8.21. The highest BCUT2D eigenvalue weighted by atomic mass is 19.1. The van der Waals surface area contributed by atoms with Gasteiger partial charge in [0.05, 0.1) is 0 Å². The van der Waals surface area contributed by atoms with Crippen molar-refractivity contribution in [3.05, 3.63) is 41.8 Å². The van der Waals surface area contributed by atoms with E-state index in [-0.39, 0.29) is 5.82 Å². The molecule has 0 amide bonds. The number of hydrogen-bond donors (Lipinski definition) is 2. The van der Waals surface area contributed by atoms with Crippen molar-refractivity contribution in [1.82, 2.24) is 15.3 Å². The number of halogens is 1. The summed E-state index contributed by atoms with van der Waals surface area (Å²) >= 11 is 0. The van der Waals surface area contributed by atoms with Crippen LogP contribution in [0.15, 0.2) is 30.5 Å². The maximum Gasteiger partial charge on any atom is 0.161 e. The molecule has 0 saturated carbocycles. The maximum absolute atomic E-state index is 13.7. The molecule has 2 aromatic rings. The number of nitrogens with one attached hydrogen (secondary N) is 1. The van der Waals surface area contributed by atoms with Crippen molar-refractivity contribution in [2.24, 2.45) is 0 Å². The molecule has 1 heterocycles. The molecule has 0 aliphatic rings. The Bertz CT molecular complexity index is 528. The van der Waals surface area contributed by atoms with E-state index in [1.165, 1.54) is 6.07 Å². The van der Waals surface area contributed by atoms with E-state index in [2.05, 4.69) is 15.3 Å². The van der Waals surface area contributed by atoms with Crippen LogP contribution < -0.4 is 11.1 Å². The summed E-state index contributed by atoms with van der Waals surface area (Å²) in [7, 11) is 1.76. The maximum atomic E-state index is 13.7. The number of nitrogens with two attached hydrogens (primary N) is 1. The molecule has 0 spiro atoms. The van der Waals surface area contributed by atoms with Crippen molar-refractivity contribution in [1.29, 1.82) is 0 Å².